The number of amides is 2. The lowest BCUT2D eigenvalue weighted by atomic mass is 10.1. The van der Waals surface area contributed by atoms with Gasteiger partial charge in [-0.3, -0.25) is 30.0 Å². The summed E-state index contributed by atoms with van der Waals surface area (Å²) < 4.78 is 16.5. The summed E-state index contributed by atoms with van der Waals surface area (Å²) in [4.78, 5) is 50.7. The van der Waals surface area contributed by atoms with Crippen LogP contribution in [0.2, 0.25) is 0 Å². The molecule has 2 heterocycles. The number of nitrogens with one attached hydrogen (secondary N) is 2. The first-order valence-electron chi connectivity index (χ1n) is 10.7. The number of nitrogens with zero attached hydrogens (tertiary/aromatic N) is 4. The molecule has 0 spiro atoms. The van der Waals surface area contributed by atoms with E-state index in [0.717, 1.165) is 10.7 Å². The molecule has 0 saturated heterocycles. The van der Waals surface area contributed by atoms with Gasteiger partial charge in [0.25, 0.3) is 17.4 Å². The maximum Gasteiger partial charge on any atom is 0.294 e. The van der Waals surface area contributed by atoms with E-state index < -0.39 is 28.8 Å². The van der Waals surface area contributed by atoms with Crippen molar-refractivity contribution in [3.05, 3.63) is 98.1 Å². The SMILES string of the molecule is Cc1cc(=O)c(C(=O)NNC(=O)c2nn(C(C)C)c(=O)c3ccccc23)nn1-c1ccccc1F. The number of carbonyl (C=O) groups is 2. The number of halogens is 1. The van der Waals surface area contributed by atoms with Crippen molar-refractivity contribution in [2.75, 3.05) is 0 Å². The van der Waals surface area contributed by atoms with E-state index in [1.807, 2.05) is 0 Å². The molecule has 2 amide bonds. The zero-order valence-corrected chi connectivity index (χ0v) is 19.1. The minimum atomic E-state index is -1.00. The lowest BCUT2D eigenvalue weighted by Crippen LogP contribution is -2.45. The second-order valence-corrected chi connectivity index (χ2v) is 8.01. The van der Waals surface area contributed by atoms with Crippen LogP contribution < -0.4 is 21.8 Å². The third kappa shape index (κ3) is 4.43. The van der Waals surface area contributed by atoms with Crippen molar-refractivity contribution >= 4 is 22.6 Å². The van der Waals surface area contributed by atoms with E-state index in [1.54, 1.807) is 51.1 Å². The van der Waals surface area contributed by atoms with E-state index in [1.165, 1.54) is 22.9 Å². The first-order chi connectivity index (χ1) is 16.7. The summed E-state index contributed by atoms with van der Waals surface area (Å²) in [5, 5.41) is 8.75. The highest BCUT2D eigenvalue weighted by Crippen LogP contribution is 2.15. The van der Waals surface area contributed by atoms with Crippen LogP contribution in [0.25, 0.3) is 16.5 Å². The van der Waals surface area contributed by atoms with Crippen molar-refractivity contribution in [3.8, 4) is 5.69 Å². The van der Waals surface area contributed by atoms with Gasteiger partial charge in [0.15, 0.2) is 11.4 Å². The van der Waals surface area contributed by atoms with E-state index >= 15 is 0 Å². The molecule has 0 bridgehead atoms. The number of fused-ring (bicyclic) bond motifs is 1. The van der Waals surface area contributed by atoms with E-state index in [4.69, 9.17) is 0 Å². The van der Waals surface area contributed by atoms with Crippen molar-refractivity contribution in [2.24, 2.45) is 0 Å². The van der Waals surface area contributed by atoms with Crippen LogP contribution in [-0.4, -0.2) is 31.4 Å². The van der Waals surface area contributed by atoms with E-state index in [2.05, 4.69) is 21.0 Å². The molecule has 178 valence electrons. The minimum Gasteiger partial charge on any atom is -0.287 e. The Kier molecular flexibility index (Phi) is 6.24. The summed E-state index contributed by atoms with van der Waals surface area (Å²) in [7, 11) is 0. The number of carbonyl (C=O) groups excluding carboxylic acids is 2. The number of para-hydroxylation sites is 1. The number of benzene rings is 2. The first kappa shape index (κ1) is 23.5. The average molecular weight is 476 g/mol. The molecule has 0 aliphatic heterocycles. The molecule has 11 heteroatoms. The molecule has 10 nitrogen and oxygen atoms in total. The highest BCUT2D eigenvalue weighted by atomic mass is 19.1. The predicted octanol–water partition coefficient (Wildman–Crippen LogP) is 2.05. The van der Waals surface area contributed by atoms with Crippen molar-refractivity contribution < 1.29 is 14.0 Å². The molecule has 4 aromatic rings. The molecule has 2 aromatic carbocycles. The van der Waals surface area contributed by atoms with Crippen LogP contribution in [0, 0.1) is 12.7 Å². The van der Waals surface area contributed by atoms with Gasteiger partial charge in [-0.15, -0.1) is 0 Å². The number of hydrogen-bond donors (Lipinski definition) is 2. The fourth-order valence-electron chi connectivity index (χ4n) is 3.53. The molecule has 0 radical (unpaired) electrons. The van der Waals surface area contributed by atoms with Gasteiger partial charge < -0.3 is 0 Å². The zero-order chi connectivity index (χ0) is 25.3. The Morgan fingerprint density at radius 1 is 0.886 bits per heavy atom. The molecule has 2 N–H and O–H groups in total. The summed E-state index contributed by atoms with van der Waals surface area (Å²) >= 11 is 0. The van der Waals surface area contributed by atoms with Gasteiger partial charge in [0, 0.05) is 17.1 Å². The van der Waals surface area contributed by atoms with Gasteiger partial charge in [0.05, 0.1) is 11.4 Å². The molecular formula is C24H21FN6O4. The largest absolute Gasteiger partial charge is 0.294 e. The lowest BCUT2D eigenvalue weighted by Gasteiger charge is -2.14. The van der Waals surface area contributed by atoms with Gasteiger partial charge in [-0.2, -0.15) is 10.2 Å². The Hall–Kier alpha value is -4.67. The predicted molar refractivity (Wildman–Crippen MR) is 126 cm³/mol. The lowest BCUT2D eigenvalue weighted by molar-refractivity contribution is 0.0839. The number of hydrazine groups is 1. The fourth-order valence-corrected chi connectivity index (χ4v) is 3.53. The van der Waals surface area contributed by atoms with Crippen LogP contribution in [0.15, 0.2) is 64.2 Å². The van der Waals surface area contributed by atoms with Gasteiger partial charge in [-0.05, 0) is 39.0 Å². The molecule has 0 aliphatic carbocycles. The van der Waals surface area contributed by atoms with Crippen molar-refractivity contribution in [3.63, 3.8) is 0 Å². The van der Waals surface area contributed by atoms with Gasteiger partial charge in [-0.1, -0.05) is 30.3 Å². The molecule has 4 rings (SSSR count). The normalized spacial score (nSPS) is 11.0. The molecule has 0 atom stereocenters. The summed E-state index contributed by atoms with van der Waals surface area (Å²) in [6, 6.07) is 13.1. The van der Waals surface area contributed by atoms with Crippen LogP contribution in [-0.2, 0) is 0 Å². The fraction of sp³-hybridized carbons (Fsp3) is 0.167. The number of rotatable bonds is 4. The topological polar surface area (TPSA) is 128 Å². The highest BCUT2D eigenvalue weighted by Gasteiger charge is 2.21. The summed E-state index contributed by atoms with van der Waals surface area (Å²) in [5.74, 6) is -2.40. The molecule has 0 aliphatic rings. The standard InChI is InChI=1S/C24H21FN6O4/c1-13(2)30-24(35)16-9-5-4-8-15(16)20(28-30)22(33)26-27-23(34)21-19(32)12-14(3)31(29-21)18-11-7-6-10-17(18)25/h4-13H,1-3H3,(H,26,33)(H,27,34). The Labute approximate surface area is 198 Å². The molecule has 35 heavy (non-hydrogen) atoms. The number of aryl methyl sites for hydroxylation is 1. The van der Waals surface area contributed by atoms with Gasteiger partial charge in [-0.25, -0.2) is 13.8 Å². The number of hydrogen-bond acceptors (Lipinski definition) is 6. The zero-order valence-electron chi connectivity index (χ0n) is 19.1. The minimum absolute atomic E-state index is 0.0506. The third-order valence-electron chi connectivity index (χ3n) is 5.23. The van der Waals surface area contributed by atoms with Gasteiger partial charge in [0.2, 0.25) is 5.43 Å². The van der Waals surface area contributed by atoms with E-state index in [0.29, 0.717) is 16.5 Å². The van der Waals surface area contributed by atoms with Crippen molar-refractivity contribution in [1.29, 1.82) is 0 Å². The van der Waals surface area contributed by atoms with Crippen molar-refractivity contribution in [1.82, 2.24) is 30.4 Å². The Morgan fingerprint density at radius 2 is 1.49 bits per heavy atom. The maximum absolute atomic E-state index is 14.2. The van der Waals surface area contributed by atoms with Crippen LogP contribution in [0.3, 0.4) is 0 Å². The molecule has 0 saturated carbocycles. The maximum atomic E-state index is 14.2. The first-order valence-corrected chi connectivity index (χ1v) is 10.7. The smallest absolute Gasteiger partial charge is 0.287 e. The van der Waals surface area contributed by atoms with E-state index in [-0.39, 0.29) is 23.0 Å². The summed E-state index contributed by atoms with van der Waals surface area (Å²) in [6.45, 7) is 5.04. The van der Waals surface area contributed by atoms with Gasteiger partial charge in [0.1, 0.15) is 11.5 Å². The summed E-state index contributed by atoms with van der Waals surface area (Å²) in [5.41, 5.74) is 3.01. The van der Waals surface area contributed by atoms with Crippen LogP contribution >= 0.6 is 0 Å². The second-order valence-electron chi connectivity index (χ2n) is 8.01. The second kappa shape index (κ2) is 9.29. The summed E-state index contributed by atoms with van der Waals surface area (Å²) in [6.07, 6.45) is 0. The average Bonchev–Trinajstić information content (AvgIpc) is 2.83. The number of aromatic nitrogens is 4. The van der Waals surface area contributed by atoms with Gasteiger partial charge >= 0.3 is 0 Å². The van der Waals surface area contributed by atoms with Crippen LogP contribution in [0.4, 0.5) is 4.39 Å². The Balaban J connectivity index is 1.64. The Bertz CT molecular complexity index is 1590. The quantitative estimate of drug-likeness (QED) is 0.434. The van der Waals surface area contributed by atoms with Crippen molar-refractivity contribution in [2.45, 2.75) is 26.8 Å². The molecule has 0 unspecified atom stereocenters. The monoisotopic (exact) mass is 476 g/mol. The molecule has 2 aromatic heterocycles. The third-order valence-corrected chi connectivity index (χ3v) is 5.23. The molecule has 0 fully saturated rings. The molecular weight excluding hydrogens is 455 g/mol. The van der Waals surface area contributed by atoms with Crippen LogP contribution in [0.1, 0.15) is 46.6 Å². The van der Waals surface area contributed by atoms with E-state index in [9.17, 15) is 23.6 Å². The van der Waals surface area contributed by atoms with Crippen LogP contribution in [0.5, 0.6) is 0 Å². The highest BCUT2D eigenvalue weighted by molar-refractivity contribution is 6.05. The Morgan fingerprint density at radius 3 is 2.14 bits per heavy atom.